The highest BCUT2D eigenvalue weighted by Gasteiger charge is 2.29. The number of benzene rings is 1. The van der Waals surface area contributed by atoms with Crippen LogP contribution in [0.5, 0.6) is 0 Å². The summed E-state index contributed by atoms with van der Waals surface area (Å²) in [6, 6.07) is 10.3. The Balaban J connectivity index is 0.00000363. The molecule has 0 radical (unpaired) electrons. The van der Waals surface area contributed by atoms with Gasteiger partial charge in [-0.3, -0.25) is 4.99 Å². The van der Waals surface area contributed by atoms with Crippen LogP contribution >= 0.6 is 24.0 Å². The zero-order chi connectivity index (χ0) is 22.4. The van der Waals surface area contributed by atoms with Crippen LogP contribution in [0.1, 0.15) is 22.9 Å². The SMILES string of the molecule is CN=C(NCC(c1ccc(C)cc1)N(C)C)N1CCN(S(=O)(=O)Cc2ccon2)CC1.I. The smallest absolute Gasteiger partial charge is 0.220 e. The van der Waals surface area contributed by atoms with Crippen molar-refractivity contribution in [2.24, 2.45) is 4.99 Å². The first kappa shape index (κ1) is 26.6. The van der Waals surface area contributed by atoms with Crippen molar-refractivity contribution in [3.63, 3.8) is 0 Å². The van der Waals surface area contributed by atoms with Crippen LogP contribution in [-0.4, -0.2) is 87.5 Å². The molecular weight excluding hydrogens is 543 g/mol. The summed E-state index contributed by atoms with van der Waals surface area (Å²) < 4.78 is 31.5. The first-order chi connectivity index (χ1) is 14.8. The molecule has 1 aromatic carbocycles. The molecule has 1 N–H and O–H groups in total. The standard InChI is InChI=1S/C21H32N6O3S.HI/c1-17-5-7-18(8-6-17)20(25(3)4)15-23-21(22-2)26-10-12-27(13-11-26)31(28,29)16-19-9-14-30-24-19;/h5-9,14,20H,10-13,15-16H2,1-4H3,(H,22,23);1H. The number of hydrogen-bond donors (Lipinski definition) is 1. The number of aliphatic imine (C=N–C) groups is 1. The second-order valence-electron chi connectivity index (χ2n) is 7.95. The number of nitrogens with zero attached hydrogens (tertiary/aromatic N) is 5. The second kappa shape index (κ2) is 12.0. The minimum absolute atomic E-state index is 0. The van der Waals surface area contributed by atoms with Gasteiger partial charge in [0, 0.05) is 45.8 Å². The van der Waals surface area contributed by atoms with E-state index in [1.807, 2.05) is 0 Å². The van der Waals surface area contributed by atoms with E-state index in [0.717, 1.165) is 5.96 Å². The number of halogens is 1. The molecule has 0 aliphatic carbocycles. The maximum Gasteiger partial charge on any atom is 0.220 e. The summed E-state index contributed by atoms with van der Waals surface area (Å²) in [5, 5.41) is 7.18. The predicted molar refractivity (Wildman–Crippen MR) is 137 cm³/mol. The van der Waals surface area contributed by atoms with Crippen LogP contribution in [-0.2, 0) is 15.8 Å². The van der Waals surface area contributed by atoms with E-state index in [1.54, 1.807) is 13.1 Å². The molecule has 1 saturated heterocycles. The van der Waals surface area contributed by atoms with E-state index >= 15 is 0 Å². The van der Waals surface area contributed by atoms with Gasteiger partial charge in [-0.15, -0.1) is 24.0 Å². The third-order valence-electron chi connectivity index (χ3n) is 5.50. The fraction of sp³-hybridized carbons (Fsp3) is 0.524. The minimum Gasteiger partial charge on any atom is -0.364 e. The zero-order valence-corrected chi connectivity index (χ0v) is 22.2. The Kier molecular flexibility index (Phi) is 9.92. The van der Waals surface area contributed by atoms with E-state index < -0.39 is 10.0 Å². The molecule has 0 saturated carbocycles. The van der Waals surface area contributed by atoms with Crippen LogP contribution < -0.4 is 5.32 Å². The largest absolute Gasteiger partial charge is 0.364 e. The first-order valence-electron chi connectivity index (χ1n) is 10.4. The van der Waals surface area contributed by atoms with Gasteiger partial charge in [-0.2, -0.15) is 4.31 Å². The molecule has 1 unspecified atom stereocenters. The molecule has 0 amide bonds. The van der Waals surface area contributed by atoms with Gasteiger partial charge in [0.1, 0.15) is 12.0 Å². The molecule has 1 aromatic heterocycles. The van der Waals surface area contributed by atoms with E-state index in [-0.39, 0.29) is 35.8 Å². The lowest BCUT2D eigenvalue weighted by Crippen LogP contribution is -2.54. The van der Waals surface area contributed by atoms with E-state index in [4.69, 9.17) is 4.52 Å². The number of likely N-dealkylation sites (N-methyl/N-ethyl adjacent to an activating group) is 1. The molecule has 9 nitrogen and oxygen atoms in total. The second-order valence-corrected chi connectivity index (χ2v) is 9.92. The van der Waals surface area contributed by atoms with Gasteiger partial charge in [-0.25, -0.2) is 8.42 Å². The number of aryl methyl sites for hydroxylation is 1. The molecule has 0 spiro atoms. The van der Waals surface area contributed by atoms with Crippen molar-refractivity contribution in [2.75, 3.05) is 53.9 Å². The van der Waals surface area contributed by atoms with Crippen molar-refractivity contribution in [1.82, 2.24) is 24.6 Å². The Bertz CT molecular complexity index is 956. The highest BCUT2D eigenvalue weighted by atomic mass is 127. The normalized spacial score (nSPS) is 16.7. The molecule has 1 aliphatic rings. The number of nitrogens with one attached hydrogen (secondary N) is 1. The van der Waals surface area contributed by atoms with Crippen LogP contribution in [0, 0.1) is 6.92 Å². The van der Waals surface area contributed by atoms with Crippen LogP contribution in [0.15, 0.2) is 46.1 Å². The van der Waals surface area contributed by atoms with Crippen molar-refractivity contribution in [1.29, 1.82) is 0 Å². The van der Waals surface area contributed by atoms with Gasteiger partial charge >= 0.3 is 0 Å². The van der Waals surface area contributed by atoms with Gasteiger partial charge < -0.3 is 19.6 Å². The van der Waals surface area contributed by atoms with Gasteiger partial charge in [0.2, 0.25) is 10.0 Å². The Morgan fingerprint density at radius 2 is 1.84 bits per heavy atom. The monoisotopic (exact) mass is 576 g/mol. The quantitative estimate of drug-likeness (QED) is 0.306. The summed E-state index contributed by atoms with van der Waals surface area (Å²) in [6.07, 6.45) is 1.38. The van der Waals surface area contributed by atoms with E-state index in [1.165, 1.54) is 21.7 Å². The van der Waals surface area contributed by atoms with Gasteiger partial charge in [-0.1, -0.05) is 35.0 Å². The van der Waals surface area contributed by atoms with Crippen molar-refractivity contribution < 1.29 is 12.9 Å². The molecular formula is C21H33IN6O3S. The average molecular weight is 577 g/mol. The summed E-state index contributed by atoms with van der Waals surface area (Å²) in [5.41, 5.74) is 2.90. The highest BCUT2D eigenvalue weighted by Crippen LogP contribution is 2.18. The van der Waals surface area contributed by atoms with Gasteiger partial charge in [-0.05, 0) is 26.6 Å². The summed E-state index contributed by atoms with van der Waals surface area (Å²) in [6.45, 7) is 4.77. The molecule has 178 valence electrons. The predicted octanol–water partition coefficient (Wildman–Crippen LogP) is 1.93. The fourth-order valence-electron chi connectivity index (χ4n) is 3.68. The number of hydrogen-bond acceptors (Lipinski definition) is 6. The fourth-order valence-corrected chi connectivity index (χ4v) is 5.10. The molecule has 1 fully saturated rings. The third kappa shape index (κ3) is 6.90. The summed E-state index contributed by atoms with van der Waals surface area (Å²) in [5.74, 6) is 0.643. The molecule has 32 heavy (non-hydrogen) atoms. The summed E-state index contributed by atoms with van der Waals surface area (Å²) in [4.78, 5) is 8.70. The van der Waals surface area contributed by atoms with Gasteiger partial charge in [0.15, 0.2) is 5.96 Å². The molecule has 0 bridgehead atoms. The lowest BCUT2D eigenvalue weighted by atomic mass is 10.0. The Labute approximate surface area is 207 Å². The Morgan fingerprint density at radius 1 is 1.19 bits per heavy atom. The van der Waals surface area contributed by atoms with E-state index in [9.17, 15) is 8.42 Å². The lowest BCUT2D eigenvalue weighted by molar-refractivity contribution is 0.254. The van der Waals surface area contributed by atoms with Crippen LogP contribution in [0.3, 0.4) is 0 Å². The molecule has 2 heterocycles. The van der Waals surface area contributed by atoms with Crippen LogP contribution in [0.25, 0.3) is 0 Å². The van der Waals surface area contributed by atoms with Crippen molar-refractivity contribution >= 4 is 40.0 Å². The van der Waals surface area contributed by atoms with Crippen molar-refractivity contribution in [2.45, 2.75) is 18.7 Å². The molecule has 1 atom stereocenters. The number of guanidine groups is 1. The lowest BCUT2D eigenvalue weighted by Gasteiger charge is -2.36. The number of piperazine rings is 1. The maximum absolute atomic E-state index is 12.6. The van der Waals surface area contributed by atoms with Gasteiger partial charge in [0.25, 0.3) is 0 Å². The Hall–Kier alpha value is -1.70. The van der Waals surface area contributed by atoms with Crippen molar-refractivity contribution in [3.05, 3.63) is 53.4 Å². The topological polar surface area (TPSA) is 94.3 Å². The molecule has 3 rings (SSSR count). The Morgan fingerprint density at radius 3 is 2.38 bits per heavy atom. The molecule has 2 aromatic rings. The highest BCUT2D eigenvalue weighted by molar-refractivity contribution is 14.0. The number of aromatic nitrogens is 1. The average Bonchev–Trinajstić information content (AvgIpc) is 3.24. The molecule has 11 heteroatoms. The number of rotatable bonds is 7. The molecule has 1 aliphatic heterocycles. The zero-order valence-electron chi connectivity index (χ0n) is 19.1. The van der Waals surface area contributed by atoms with Crippen LogP contribution in [0.2, 0.25) is 0 Å². The van der Waals surface area contributed by atoms with Crippen molar-refractivity contribution in [3.8, 4) is 0 Å². The third-order valence-corrected chi connectivity index (χ3v) is 7.32. The van der Waals surface area contributed by atoms with Gasteiger partial charge in [0.05, 0.1) is 11.7 Å². The first-order valence-corrected chi connectivity index (χ1v) is 12.0. The summed E-state index contributed by atoms with van der Waals surface area (Å²) >= 11 is 0. The summed E-state index contributed by atoms with van der Waals surface area (Å²) in [7, 11) is 2.46. The van der Waals surface area contributed by atoms with E-state index in [0.29, 0.717) is 38.4 Å². The van der Waals surface area contributed by atoms with E-state index in [2.05, 4.69) is 70.6 Å². The maximum atomic E-state index is 12.6. The number of sulfonamides is 1. The minimum atomic E-state index is -3.42. The van der Waals surface area contributed by atoms with Crippen LogP contribution in [0.4, 0.5) is 0 Å².